The van der Waals surface area contributed by atoms with Crippen molar-refractivity contribution in [2.75, 3.05) is 0 Å². The van der Waals surface area contributed by atoms with E-state index in [2.05, 4.69) is 43.4 Å². The SMILES string of the molecule is CC(C)NCc1sc2ccccc2c1C1CC1. The Morgan fingerprint density at radius 1 is 1.29 bits per heavy atom. The van der Waals surface area contributed by atoms with E-state index in [-0.39, 0.29) is 0 Å². The highest BCUT2D eigenvalue weighted by Crippen LogP contribution is 2.47. The molecule has 1 fully saturated rings. The Kier molecular flexibility index (Phi) is 2.93. The molecule has 2 heteroatoms. The van der Waals surface area contributed by atoms with Gasteiger partial charge in [-0.05, 0) is 35.8 Å². The van der Waals surface area contributed by atoms with Crippen molar-refractivity contribution in [1.82, 2.24) is 5.32 Å². The van der Waals surface area contributed by atoms with E-state index < -0.39 is 0 Å². The normalized spacial score (nSPS) is 15.9. The molecule has 17 heavy (non-hydrogen) atoms. The van der Waals surface area contributed by atoms with E-state index in [0.717, 1.165) is 12.5 Å². The second kappa shape index (κ2) is 4.43. The van der Waals surface area contributed by atoms with Crippen LogP contribution in [0.1, 0.15) is 43.0 Å². The summed E-state index contributed by atoms with van der Waals surface area (Å²) in [5.41, 5.74) is 1.64. The van der Waals surface area contributed by atoms with Crippen molar-refractivity contribution in [2.45, 2.75) is 45.2 Å². The molecule has 0 aliphatic heterocycles. The maximum absolute atomic E-state index is 3.56. The van der Waals surface area contributed by atoms with Gasteiger partial charge < -0.3 is 5.32 Å². The molecule has 0 bridgehead atoms. The first-order valence-corrected chi connectivity index (χ1v) is 7.31. The summed E-state index contributed by atoms with van der Waals surface area (Å²) in [6, 6.07) is 9.42. The number of rotatable bonds is 4. The van der Waals surface area contributed by atoms with Crippen LogP contribution in [-0.4, -0.2) is 6.04 Å². The summed E-state index contributed by atoms with van der Waals surface area (Å²) in [6.07, 6.45) is 2.77. The van der Waals surface area contributed by atoms with E-state index in [9.17, 15) is 0 Å². The molecule has 1 saturated carbocycles. The maximum Gasteiger partial charge on any atom is 0.0349 e. The standard InChI is InChI=1S/C15H19NS/c1-10(2)16-9-14-15(11-7-8-11)12-5-3-4-6-13(12)17-14/h3-6,10-11,16H,7-9H2,1-2H3. The molecule has 1 aromatic carbocycles. The van der Waals surface area contributed by atoms with Gasteiger partial charge in [0.2, 0.25) is 0 Å². The number of hydrogen-bond donors (Lipinski definition) is 1. The second-order valence-corrected chi connectivity index (χ2v) is 6.38. The van der Waals surface area contributed by atoms with Crippen molar-refractivity contribution in [1.29, 1.82) is 0 Å². The lowest BCUT2D eigenvalue weighted by Crippen LogP contribution is -2.21. The van der Waals surface area contributed by atoms with Crippen LogP contribution < -0.4 is 5.32 Å². The van der Waals surface area contributed by atoms with Gasteiger partial charge in [0.1, 0.15) is 0 Å². The monoisotopic (exact) mass is 245 g/mol. The average Bonchev–Trinajstić information content (AvgIpc) is 3.07. The third-order valence-corrected chi connectivity index (χ3v) is 4.55. The summed E-state index contributed by atoms with van der Waals surface area (Å²) in [5, 5.41) is 5.06. The van der Waals surface area contributed by atoms with Crippen LogP contribution in [0.5, 0.6) is 0 Å². The van der Waals surface area contributed by atoms with Crippen LogP contribution in [0.25, 0.3) is 10.1 Å². The Hall–Kier alpha value is -0.860. The highest BCUT2D eigenvalue weighted by molar-refractivity contribution is 7.19. The molecular weight excluding hydrogens is 226 g/mol. The third kappa shape index (κ3) is 2.24. The van der Waals surface area contributed by atoms with Crippen molar-refractivity contribution in [3.63, 3.8) is 0 Å². The van der Waals surface area contributed by atoms with Crippen LogP contribution in [0.4, 0.5) is 0 Å². The van der Waals surface area contributed by atoms with E-state index in [0.29, 0.717) is 6.04 Å². The van der Waals surface area contributed by atoms with Crippen LogP contribution in [-0.2, 0) is 6.54 Å². The predicted molar refractivity (Wildman–Crippen MR) is 75.8 cm³/mol. The van der Waals surface area contributed by atoms with Gasteiger partial charge in [-0.2, -0.15) is 0 Å². The molecule has 2 aromatic rings. The number of thiophene rings is 1. The Bertz CT molecular complexity index is 523. The highest BCUT2D eigenvalue weighted by Gasteiger charge is 2.29. The van der Waals surface area contributed by atoms with E-state index in [1.165, 1.54) is 22.9 Å². The smallest absolute Gasteiger partial charge is 0.0349 e. The molecule has 0 unspecified atom stereocenters. The quantitative estimate of drug-likeness (QED) is 0.848. The minimum atomic E-state index is 0.562. The molecule has 1 aromatic heterocycles. The Labute approximate surface area is 107 Å². The first kappa shape index (κ1) is 11.2. The highest BCUT2D eigenvalue weighted by atomic mass is 32.1. The van der Waals surface area contributed by atoms with Crippen LogP contribution in [0.15, 0.2) is 24.3 Å². The summed E-state index contributed by atoms with van der Waals surface area (Å²) in [4.78, 5) is 1.56. The summed E-state index contributed by atoms with van der Waals surface area (Å²) in [5.74, 6) is 0.843. The van der Waals surface area contributed by atoms with Gasteiger partial charge in [0, 0.05) is 22.2 Å². The van der Waals surface area contributed by atoms with Gasteiger partial charge in [0.25, 0.3) is 0 Å². The Morgan fingerprint density at radius 3 is 2.76 bits per heavy atom. The lowest BCUT2D eigenvalue weighted by Gasteiger charge is -2.08. The largest absolute Gasteiger partial charge is 0.310 e. The first-order chi connectivity index (χ1) is 8.25. The number of hydrogen-bond acceptors (Lipinski definition) is 2. The molecule has 90 valence electrons. The molecule has 3 rings (SSSR count). The van der Waals surface area contributed by atoms with Gasteiger partial charge in [0.05, 0.1) is 0 Å². The Morgan fingerprint density at radius 2 is 2.06 bits per heavy atom. The summed E-state index contributed by atoms with van der Waals surface area (Å²) in [7, 11) is 0. The molecular formula is C15H19NS. The number of benzene rings is 1. The predicted octanol–water partition coefficient (Wildman–Crippen LogP) is 4.28. The maximum atomic E-state index is 3.56. The number of fused-ring (bicyclic) bond motifs is 1. The third-order valence-electron chi connectivity index (χ3n) is 3.37. The van der Waals surface area contributed by atoms with Crippen molar-refractivity contribution >= 4 is 21.4 Å². The van der Waals surface area contributed by atoms with E-state index in [1.54, 1.807) is 10.4 Å². The molecule has 0 radical (unpaired) electrons. The lowest BCUT2D eigenvalue weighted by molar-refractivity contribution is 0.591. The average molecular weight is 245 g/mol. The van der Waals surface area contributed by atoms with Crippen molar-refractivity contribution < 1.29 is 0 Å². The zero-order valence-electron chi connectivity index (χ0n) is 10.5. The van der Waals surface area contributed by atoms with Crippen LogP contribution in [0.2, 0.25) is 0 Å². The second-order valence-electron chi connectivity index (χ2n) is 5.24. The van der Waals surface area contributed by atoms with E-state index in [1.807, 2.05) is 11.3 Å². The summed E-state index contributed by atoms with van der Waals surface area (Å²) < 4.78 is 1.45. The van der Waals surface area contributed by atoms with Crippen molar-refractivity contribution in [3.05, 3.63) is 34.7 Å². The van der Waals surface area contributed by atoms with Crippen LogP contribution >= 0.6 is 11.3 Å². The van der Waals surface area contributed by atoms with E-state index >= 15 is 0 Å². The summed E-state index contributed by atoms with van der Waals surface area (Å²) in [6.45, 7) is 5.46. The fraction of sp³-hybridized carbons (Fsp3) is 0.467. The van der Waals surface area contributed by atoms with Gasteiger partial charge in [0.15, 0.2) is 0 Å². The molecule has 0 atom stereocenters. The number of nitrogens with one attached hydrogen (secondary N) is 1. The van der Waals surface area contributed by atoms with Crippen molar-refractivity contribution in [2.24, 2.45) is 0 Å². The first-order valence-electron chi connectivity index (χ1n) is 6.49. The van der Waals surface area contributed by atoms with Crippen LogP contribution in [0, 0.1) is 0 Å². The minimum absolute atomic E-state index is 0.562. The van der Waals surface area contributed by atoms with E-state index in [4.69, 9.17) is 0 Å². The van der Waals surface area contributed by atoms with Gasteiger partial charge in [-0.1, -0.05) is 32.0 Å². The molecule has 1 heterocycles. The van der Waals surface area contributed by atoms with Gasteiger partial charge >= 0.3 is 0 Å². The molecule has 0 spiro atoms. The minimum Gasteiger partial charge on any atom is -0.310 e. The molecule has 1 aliphatic rings. The van der Waals surface area contributed by atoms with Gasteiger partial charge in [-0.25, -0.2) is 0 Å². The topological polar surface area (TPSA) is 12.0 Å². The molecule has 1 aliphatic carbocycles. The van der Waals surface area contributed by atoms with Gasteiger partial charge in [-0.15, -0.1) is 11.3 Å². The van der Waals surface area contributed by atoms with Gasteiger partial charge in [-0.3, -0.25) is 0 Å². The molecule has 0 amide bonds. The lowest BCUT2D eigenvalue weighted by atomic mass is 10.1. The molecule has 1 N–H and O–H groups in total. The zero-order chi connectivity index (χ0) is 11.8. The van der Waals surface area contributed by atoms with Crippen LogP contribution in [0.3, 0.4) is 0 Å². The Balaban J connectivity index is 2.00. The molecule has 1 nitrogen and oxygen atoms in total. The summed E-state index contributed by atoms with van der Waals surface area (Å²) >= 11 is 1.97. The fourth-order valence-electron chi connectivity index (χ4n) is 2.36. The van der Waals surface area contributed by atoms with Crippen molar-refractivity contribution in [3.8, 4) is 0 Å². The molecule has 0 saturated heterocycles. The zero-order valence-corrected chi connectivity index (χ0v) is 11.3. The fourth-order valence-corrected chi connectivity index (χ4v) is 3.61.